The zero-order valence-electron chi connectivity index (χ0n) is 14.0. The molecule has 118 valence electrons. The second kappa shape index (κ2) is 6.14. The number of hydrogen-bond donors (Lipinski definition) is 1. The first kappa shape index (κ1) is 16.0. The molecule has 0 atom stereocenters. The molecule has 4 nitrogen and oxygen atoms in total. The largest absolute Gasteiger partial charge is 0.491 e. The Morgan fingerprint density at radius 1 is 1.19 bits per heavy atom. The molecule has 0 spiro atoms. The van der Waals surface area contributed by atoms with E-state index in [-0.39, 0.29) is 6.10 Å². The van der Waals surface area contributed by atoms with E-state index in [1.807, 2.05) is 26.0 Å². The number of nitrogen functional groups attached to an aromatic ring is 1. The molecular weight excluding hydrogens is 262 g/mol. The molecule has 1 fully saturated rings. The van der Waals surface area contributed by atoms with Crippen LogP contribution in [0.1, 0.15) is 33.1 Å². The van der Waals surface area contributed by atoms with Gasteiger partial charge in [0, 0.05) is 42.6 Å². The maximum Gasteiger partial charge on any atom is 0.123 e. The first-order valence-corrected chi connectivity index (χ1v) is 7.78. The minimum atomic E-state index is 0.157. The van der Waals surface area contributed by atoms with Gasteiger partial charge in [-0.05, 0) is 53.3 Å². The Balaban J connectivity index is 2.15. The monoisotopic (exact) mass is 291 g/mol. The molecule has 2 N–H and O–H groups in total. The number of hydrogen-bond acceptors (Lipinski definition) is 4. The Kier molecular flexibility index (Phi) is 4.67. The number of nitrogens with two attached hydrogens (primary N) is 1. The first-order chi connectivity index (χ1) is 9.82. The van der Waals surface area contributed by atoms with Gasteiger partial charge in [-0.15, -0.1) is 0 Å². The van der Waals surface area contributed by atoms with Gasteiger partial charge >= 0.3 is 0 Å². The van der Waals surface area contributed by atoms with Crippen LogP contribution in [0, 0.1) is 0 Å². The molecule has 0 heterocycles. The topological polar surface area (TPSA) is 41.7 Å². The quantitative estimate of drug-likeness (QED) is 0.818. The molecule has 0 bridgehead atoms. The normalized spacial score (nSPS) is 16.9. The van der Waals surface area contributed by atoms with Crippen molar-refractivity contribution in [1.82, 2.24) is 4.90 Å². The summed E-state index contributed by atoms with van der Waals surface area (Å²) in [5.41, 5.74) is 8.21. The molecule has 0 aliphatic heterocycles. The van der Waals surface area contributed by atoms with Gasteiger partial charge in [0.15, 0.2) is 0 Å². The molecule has 4 heteroatoms. The summed E-state index contributed by atoms with van der Waals surface area (Å²) < 4.78 is 5.79. The second-order valence-corrected chi connectivity index (χ2v) is 6.76. The third-order valence-electron chi connectivity index (χ3n) is 4.49. The van der Waals surface area contributed by atoms with Gasteiger partial charge in [0.25, 0.3) is 0 Å². The molecule has 0 unspecified atom stereocenters. The lowest BCUT2D eigenvalue weighted by molar-refractivity contribution is 0.0683. The maximum atomic E-state index is 6.03. The highest BCUT2D eigenvalue weighted by Crippen LogP contribution is 2.38. The molecule has 0 amide bonds. The first-order valence-electron chi connectivity index (χ1n) is 7.78. The summed E-state index contributed by atoms with van der Waals surface area (Å²) >= 11 is 0. The Morgan fingerprint density at radius 3 is 2.33 bits per heavy atom. The van der Waals surface area contributed by atoms with Gasteiger partial charge in [-0.3, -0.25) is 0 Å². The predicted octanol–water partition coefficient (Wildman–Crippen LogP) is 2.98. The molecular formula is C17H29N3O. The van der Waals surface area contributed by atoms with E-state index in [9.17, 15) is 0 Å². The van der Waals surface area contributed by atoms with E-state index < -0.39 is 0 Å². The summed E-state index contributed by atoms with van der Waals surface area (Å²) in [5.74, 6) is 0.847. The summed E-state index contributed by atoms with van der Waals surface area (Å²) in [6.07, 6.45) is 4.01. The lowest BCUT2D eigenvalue weighted by Crippen LogP contribution is -2.56. The van der Waals surface area contributed by atoms with E-state index in [4.69, 9.17) is 10.5 Å². The Labute approximate surface area is 128 Å². The number of nitrogens with zero attached hydrogens (tertiary/aromatic N) is 2. The van der Waals surface area contributed by atoms with Crippen molar-refractivity contribution in [3.63, 3.8) is 0 Å². The van der Waals surface area contributed by atoms with Gasteiger partial charge in [-0.1, -0.05) is 0 Å². The van der Waals surface area contributed by atoms with Crippen molar-refractivity contribution in [2.24, 2.45) is 0 Å². The van der Waals surface area contributed by atoms with Crippen LogP contribution in [0.25, 0.3) is 0 Å². The van der Waals surface area contributed by atoms with Crippen molar-refractivity contribution in [3.8, 4) is 5.75 Å². The summed E-state index contributed by atoms with van der Waals surface area (Å²) in [6, 6.07) is 6.00. The number of rotatable bonds is 6. The zero-order chi connectivity index (χ0) is 15.6. The van der Waals surface area contributed by atoms with Crippen LogP contribution in [-0.4, -0.2) is 44.2 Å². The Bertz CT molecular complexity index is 481. The van der Waals surface area contributed by atoms with Crippen LogP contribution in [0.2, 0.25) is 0 Å². The van der Waals surface area contributed by atoms with Crippen molar-refractivity contribution in [2.45, 2.75) is 44.8 Å². The molecule has 1 aliphatic carbocycles. The fourth-order valence-corrected chi connectivity index (χ4v) is 3.03. The molecule has 21 heavy (non-hydrogen) atoms. The minimum absolute atomic E-state index is 0.157. The maximum absolute atomic E-state index is 6.03. The van der Waals surface area contributed by atoms with Gasteiger partial charge in [0.05, 0.1) is 6.10 Å². The minimum Gasteiger partial charge on any atom is -0.491 e. The number of benzene rings is 1. The Hall–Kier alpha value is -1.42. The molecule has 2 rings (SSSR count). The van der Waals surface area contributed by atoms with Gasteiger partial charge in [0.2, 0.25) is 0 Å². The van der Waals surface area contributed by atoms with Crippen LogP contribution in [0.15, 0.2) is 18.2 Å². The summed E-state index contributed by atoms with van der Waals surface area (Å²) in [7, 11) is 6.50. The molecule has 0 saturated heterocycles. The van der Waals surface area contributed by atoms with Gasteiger partial charge in [0.1, 0.15) is 5.75 Å². The van der Waals surface area contributed by atoms with Gasteiger partial charge in [-0.25, -0.2) is 0 Å². The second-order valence-electron chi connectivity index (χ2n) is 6.76. The molecule has 1 aromatic rings. The van der Waals surface area contributed by atoms with Crippen LogP contribution >= 0.6 is 0 Å². The van der Waals surface area contributed by atoms with E-state index >= 15 is 0 Å². The van der Waals surface area contributed by atoms with E-state index in [1.165, 1.54) is 19.3 Å². The van der Waals surface area contributed by atoms with Crippen molar-refractivity contribution in [1.29, 1.82) is 0 Å². The van der Waals surface area contributed by atoms with Crippen molar-refractivity contribution < 1.29 is 4.74 Å². The zero-order valence-corrected chi connectivity index (χ0v) is 14.0. The third kappa shape index (κ3) is 3.62. The highest BCUT2D eigenvalue weighted by Gasteiger charge is 2.40. The van der Waals surface area contributed by atoms with Gasteiger partial charge < -0.3 is 20.3 Å². The van der Waals surface area contributed by atoms with Crippen LogP contribution in [0.4, 0.5) is 11.4 Å². The Morgan fingerprint density at radius 2 is 1.86 bits per heavy atom. The number of ether oxygens (including phenoxy) is 1. The highest BCUT2D eigenvalue weighted by atomic mass is 16.5. The summed E-state index contributed by atoms with van der Waals surface area (Å²) in [6.45, 7) is 5.08. The van der Waals surface area contributed by atoms with Crippen molar-refractivity contribution in [2.75, 3.05) is 38.3 Å². The van der Waals surface area contributed by atoms with Gasteiger partial charge in [-0.2, -0.15) is 0 Å². The SMILES string of the molecule is CC(C)Oc1cc(N)cc(N(C)CC2(N(C)C)CCC2)c1. The lowest BCUT2D eigenvalue weighted by atomic mass is 9.75. The molecule has 1 aromatic carbocycles. The van der Waals surface area contributed by atoms with E-state index in [1.54, 1.807) is 0 Å². The predicted molar refractivity (Wildman–Crippen MR) is 90.2 cm³/mol. The average Bonchev–Trinajstić information content (AvgIpc) is 2.31. The number of anilines is 2. The molecule has 0 aromatic heterocycles. The van der Waals surface area contributed by atoms with Crippen LogP contribution in [-0.2, 0) is 0 Å². The van der Waals surface area contributed by atoms with E-state index in [0.29, 0.717) is 5.54 Å². The fourth-order valence-electron chi connectivity index (χ4n) is 3.03. The van der Waals surface area contributed by atoms with Crippen molar-refractivity contribution >= 4 is 11.4 Å². The fraction of sp³-hybridized carbons (Fsp3) is 0.647. The molecule has 1 saturated carbocycles. The standard InChI is InChI=1S/C17H29N3O/c1-13(2)21-16-10-14(18)9-15(11-16)20(5)12-17(19(3)4)7-6-8-17/h9-11,13H,6-8,12,18H2,1-5H3. The van der Waals surface area contributed by atoms with E-state index in [2.05, 4.69) is 37.0 Å². The average molecular weight is 291 g/mol. The third-order valence-corrected chi connectivity index (χ3v) is 4.49. The van der Waals surface area contributed by atoms with Crippen LogP contribution in [0.5, 0.6) is 5.75 Å². The van der Waals surface area contributed by atoms with Crippen molar-refractivity contribution in [3.05, 3.63) is 18.2 Å². The number of likely N-dealkylation sites (N-methyl/N-ethyl adjacent to an activating group) is 2. The molecule has 0 radical (unpaired) electrons. The van der Waals surface area contributed by atoms with Crippen LogP contribution < -0.4 is 15.4 Å². The lowest BCUT2D eigenvalue weighted by Gasteiger charge is -2.49. The molecule has 1 aliphatic rings. The highest BCUT2D eigenvalue weighted by molar-refractivity contribution is 5.60. The smallest absolute Gasteiger partial charge is 0.123 e. The van der Waals surface area contributed by atoms with E-state index in [0.717, 1.165) is 23.7 Å². The summed E-state index contributed by atoms with van der Waals surface area (Å²) in [5, 5.41) is 0. The summed E-state index contributed by atoms with van der Waals surface area (Å²) in [4.78, 5) is 4.66. The van der Waals surface area contributed by atoms with Crippen LogP contribution in [0.3, 0.4) is 0 Å².